The maximum atomic E-state index is 15.6. The number of aryl methyl sites for hydroxylation is 1. The van der Waals surface area contributed by atoms with Crippen LogP contribution in [0.5, 0.6) is 0 Å². The van der Waals surface area contributed by atoms with Crippen LogP contribution in [0.25, 0.3) is 21.8 Å². The number of rotatable bonds is 7. The molecule has 18 nitrogen and oxygen atoms in total. The van der Waals surface area contributed by atoms with Crippen molar-refractivity contribution in [2.75, 3.05) is 62.2 Å². The van der Waals surface area contributed by atoms with E-state index in [0.29, 0.717) is 99.1 Å². The first-order valence-corrected chi connectivity index (χ1v) is 22.1. The Kier molecular flexibility index (Phi) is 11.4. The number of carboxylic acid groups (broad SMARTS) is 1. The van der Waals surface area contributed by atoms with Crippen molar-refractivity contribution in [1.82, 2.24) is 18.9 Å². The highest BCUT2D eigenvalue weighted by Gasteiger charge is 2.31. The first-order chi connectivity index (χ1) is 30.7. The smallest absolute Gasteiger partial charge is 0.341 e. The molecule has 0 bridgehead atoms. The number of nitrogens with zero attached hydrogens (tertiary/aromatic N) is 10. The summed E-state index contributed by atoms with van der Waals surface area (Å²) in [6.07, 6.45) is 10.3. The third-order valence-electron chi connectivity index (χ3n) is 13.1. The van der Waals surface area contributed by atoms with Crippen LogP contribution in [0.15, 0.2) is 66.2 Å². The Morgan fingerprint density at radius 2 is 1.05 bits per heavy atom. The third kappa shape index (κ3) is 8.51. The van der Waals surface area contributed by atoms with Gasteiger partial charge in [0.25, 0.3) is 0 Å². The Morgan fingerprint density at radius 3 is 1.47 bits per heavy atom. The van der Waals surface area contributed by atoms with Gasteiger partial charge in [0.2, 0.25) is 17.3 Å². The number of halogens is 2. The maximum absolute atomic E-state index is 15.6. The van der Waals surface area contributed by atoms with Gasteiger partial charge in [0.15, 0.2) is 17.3 Å². The van der Waals surface area contributed by atoms with Crippen molar-refractivity contribution in [1.29, 1.82) is 0 Å². The highest BCUT2D eigenvalue weighted by atomic mass is 19.1. The quantitative estimate of drug-likeness (QED) is 0.133. The normalized spacial score (nSPS) is 21.9. The van der Waals surface area contributed by atoms with Gasteiger partial charge < -0.3 is 56.8 Å². The van der Waals surface area contributed by atoms with Crippen molar-refractivity contribution in [3.8, 4) is 0 Å². The van der Waals surface area contributed by atoms with E-state index >= 15 is 8.78 Å². The van der Waals surface area contributed by atoms with E-state index in [-0.39, 0.29) is 58.3 Å². The molecule has 338 valence electrons. The summed E-state index contributed by atoms with van der Waals surface area (Å²) in [5.41, 5.74) is 27.0. The topological polar surface area (TPSA) is 248 Å². The largest absolute Gasteiger partial charge is 0.477 e. The van der Waals surface area contributed by atoms with Crippen molar-refractivity contribution in [3.05, 3.63) is 79.9 Å². The Hall–Kier alpha value is -6.73. The lowest BCUT2D eigenvalue weighted by atomic mass is 9.91. The molecule has 3 saturated carbocycles. The Bertz CT molecular complexity index is 2760. The Morgan fingerprint density at radius 1 is 0.625 bits per heavy atom. The molecule has 2 atom stereocenters. The fraction of sp³-hybridized carbons (Fsp3) is 0.477. The van der Waals surface area contributed by atoms with Gasteiger partial charge in [-0.2, -0.15) is 9.98 Å². The number of anilines is 2. The summed E-state index contributed by atoms with van der Waals surface area (Å²) in [5.74, 6) is -1.97. The maximum Gasteiger partial charge on any atom is 0.341 e. The number of nitrogens with two attached hydrogens (primary N) is 4. The van der Waals surface area contributed by atoms with Crippen LogP contribution >= 0.6 is 0 Å². The average Bonchev–Trinajstić information content (AvgIpc) is 4.22. The first kappa shape index (κ1) is 42.6. The van der Waals surface area contributed by atoms with Gasteiger partial charge in [0.1, 0.15) is 17.2 Å². The molecule has 4 aromatic rings. The number of piperazine rings is 2. The van der Waals surface area contributed by atoms with E-state index in [1.807, 2.05) is 25.8 Å². The van der Waals surface area contributed by atoms with Crippen molar-refractivity contribution >= 4 is 63.0 Å². The Labute approximate surface area is 367 Å². The zero-order chi connectivity index (χ0) is 45.0. The molecule has 2 unspecified atom stereocenters. The fourth-order valence-corrected chi connectivity index (χ4v) is 9.32. The van der Waals surface area contributed by atoms with Crippen LogP contribution in [0.3, 0.4) is 0 Å². The third-order valence-corrected chi connectivity index (χ3v) is 13.1. The van der Waals surface area contributed by atoms with Crippen molar-refractivity contribution < 1.29 is 18.7 Å². The molecule has 64 heavy (non-hydrogen) atoms. The molecule has 0 amide bonds. The number of pyridine rings is 2. The van der Waals surface area contributed by atoms with Crippen LogP contribution in [0.4, 0.5) is 20.2 Å². The molecule has 3 aliphatic carbocycles. The minimum atomic E-state index is -1.34. The molecule has 0 radical (unpaired) electrons. The lowest BCUT2D eigenvalue weighted by Gasteiger charge is -2.37. The van der Waals surface area contributed by atoms with Crippen LogP contribution in [0.2, 0.25) is 0 Å². The number of benzene rings is 2. The van der Waals surface area contributed by atoms with Crippen molar-refractivity contribution in [2.24, 2.45) is 42.9 Å². The number of guanidine groups is 4. The monoisotopic (exact) mass is 880 g/mol. The summed E-state index contributed by atoms with van der Waals surface area (Å²) >= 11 is 0. The summed E-state index contributed by atoms with van der Waals surface area (Å²) in [6.45, 7) is 5.34. The van der Waals surface area contributed by atoms with Gasteiger partial charge in [-0.3, -0.25) is 9.59 Å². The predicted molar refractivity (Wildman–Crippen MR) is 245 cm³/mol. The van der Waals surface area contributed by atoms with Crippen LogP contribution in [-0.2, 0) is 0 Å². The van der Waals surface area contributed by atoms with Crippen LogP contribution in [0.1, 0.15) is 79.4 Å². The number of carboxylic acids is 1. The second-order valence-corrected chi connectivity index (χ2v) is 17.5. The fourth-order valence-electron chi connectivity index (χ4n) is 9.32. The molecule has 2 saturated heterocycles. The zero-order valence-electron chi connectivity index (χ0n) is 35.8. The van der Waals surface area contributed by atoms with Gasteiger partial charge in [-0.15, -0.1) is 0 Å². The van der Waals surface area contributed by atoms with E-state index in [4.69, 9.17) is 27.9 Å². The number of hydrogen-bond acceptors (Lipinski definition) is 7. The van der Waals surface area contributed by atoms with Gasteiger partial charge in [0.05, 0.1) is 34.5 Å². The van der Waals surface area contributed by atoms with E-state index < -0.39 is 23.0 Å². The van der Waals surface area contributed by atoms with E-state index in [1.54, 1.807) is 23.6 Å². The predicted octanol–water partition coefficient (Wildman–Crippen LogP) is 2.79. The molecular formula is C44H54F2N14O4. The summed E-state index contributed by atoms with van der Waals surface area (Å²) in [5, 5.41) is 10.0. The number of aliphatic imine (C=N–C) groups is 4. The molecule has 2 aliphatic heterocycles. The van der Waals surface area contributed by atoms with Crippen LogP contribution in [0, 0.1) is 18.6 Å². The SMILES string of the molecule is Cc1cn(C2CC2)c2cc(N3CCN(C(N)=NC(N)=NC4CCCCC4N=C(N)N=C(N)N4CCN(c5cc6c(cc5F)c(=O)c(C(=O)O)cn6C5CC5)CC4)CC3)c(F)cc2c1=O. The first-order valence-electron chi connectivity index (χ1n) is 22.1. The lowest BCUT2D eigenvalue weighted by Crippen LogP contribution is -2.51. The summed E-state index contributed by atoms with van der Waals surface area (Å²) < 4.78 is 34.9. The van der Waals surface area contributed by atoms with E-state index in [9.17, 15) is 19.5 Å². The van der Waals surface area contributed by atoms with Gasteiger partial charge in [-0.1, -0.05) is 12.8 Å². The molecular weight excluding hydrogens is 827 g/mol. The summed E-state index contributed by atoms with van der Waals surface area (Å²) in [4.78, 5) is 63.3. The van der Waals surface area contributed by atoms with Gasteiger partial charge >= 0.3 is 5.97 Å². The van der Waals surface area contributed by atoms with Gasteiger partial charge in [0, 0.05) is 93.2 Å². The molecule has 5 aliphatic rings. The average molecular weight is 881 g/mol. The summed E-state index contributed by atoms with van der Waals surface area (Å²) in [6, 6.07) is 5.73. The molecule has 5 fully saturated rings. The van der Waals surface area contributed by atoms with Gasteiger partial charge in [-0.25, -0.2) is 23.6 Å². The number of aromatic nitrogens is 2. The summed E-state index contributed by atoms with van der Waals surface area (Å²) in [7, 11) is 0. The van der Waals surface area contributed by atoms with Gasteiger partial charge in [-0.05, 0) is 69.7 Å². The molecule has 0 spiro atoms. The molecule has 2 aromatic heterocycles. The standard InChI is InChI=1S/C44H54F2N14O4/c1-24-22-59(25-6-7-25)34-20-36(30(45)18-27(34)38(24)61)55-10-14-57(15-11-55)43(49)53-41(47)51-32-4-2-3-5-33(32)52-42(48)54-44(50)58-16-12-56(13-17-58)37-21-35-28(19-31(37)46)39(62)29(40(63)64)23-60(35)26-8-9-26/h18-23,25-26,32-33H,2-17H2,1H3,(H,63,64)(H4,47,49,51,53)(H4,48,50,52,54). The highest BCUT2D eigenvalue weighted by Crippen LogP contribution is 2.39. The lowest BCUT2D eigenvalue weighted by molar-refractivity contribution is 0.0694. The van der Waals surface area contributed by atoms with E-state index in [0.717, 1.165) is 50.1 Å². The molecule has 9 N–H and O–H groups in total. The zero-order valence-corrected chi connectivity index (χ0v) is 35.8. The Balaban J connectivity index is 0.820. The number of aromatic carboxylic acids is 1. The van der Waals surface area contributed by atoms with Crippen LogP contribution < -0.4 is 43.6 Å². The van der Waals surface area contributed by atoms with Crippen LogP contribution in [-0.4, -0.2) is 118 Å². The van der Waals surface area contributed by atoms with E-state index in [1.165, 1.54) is 12.3 Å². The highest BCUT2D eigenvalue weighted by molar-refractivity contribution is 5.95. The molecule has 20 heteroatoms. The van der Waals surface area contributed by atoms with Crippen molar-refractivity contribution in [3.63, 3.8) is 0 Å². The minimum absolute atomic E-state index is 0.000345. The second-order valence-electron chi connectivity index (χ2n) is 17.5. The van der Waals surface area contributed by atoms with Crippen molar-refractivity contribution in [2.45, 2.75) is 82.5 Å². The molecule has 4 heterocycles. The van der Waals surface area contributed by atoms with E-state index in [2.05, 4.69) is 19.5 Å². The molecule has 2 aromatic carbocycles. The number of hydrogen-bond donors (Lipinski definition) is 5. The second kappa shape index (κ2) is 17.1. The number of carbonyl (C=O) groups is 1. The minimum Gasteiger partial charge on any atom is -0.477 e. The number of fused-ring (bicyclic) bond motifs is 2. The molecule has 9 rings (SSSR count).